The van der Waals surface area contributed by atoms with Gasteiger partial charge in [-0.05, 0) is 25.0 Å². The van der Waals surface area contributed by atoms with Crippen LogP contribution in [0.3, 0.4) is 0 Å². The highest BCUT2D eigenvalue weighted by Crippen LogP contribution is 2.19. The molecule has 1 aromatic rings. The van der Waals surface area contributed by atoms with Crippen LogP contribution >= 0.6 is 0 Å². The molecule has 15 heavy (non-hydrogen) atoms. The van der Waals surface area contributed by atoms with Crippen molar-refractivity contribution < 1.29 is 8.42 Å². The molecule has 0 saturated carbocycles. The topological polar surface area (TPSA) is 34.1 Å². The summed E-state index contributed by atoms with van der Waals surface area (Å²) in [5.74, 6) is 0.239. The molecule has 0 bridgehead atoms. The fourth-order valence-electron chi connectivity index (χ4n) is 1.34. The van der Waals surface area contributed by atoms with Crippen molar-refractivity contribution >= 4 is 9.84 Å². The molecular weight excluding hydrogens is 208 g/mol. The van der Waals surface area contributed by atoms with Crippen LogP contribution in [0.4, 0.5) is 0 Å². The van der Waals surface area contributed by atoms with E-state index in [-0.39, 0.29) is 5.92 Å². The summed E-state index contributed by atoms with van der Waals surface area (Å²) in [5.41, 5.74) is 0. The van der Waals surface area contributed by atoms with E-state index in [2.05, 4.69) is 0 Å². The Kier molecular flexibility index (Phi) is 3.69. The van der Waals surface area contributed by atoms with Crippen LogP contribution in [0.25, 0.3) is 0 Å². The molecule has 0 amide bonds. The van der Waals surface area contributed by atoms with E-state index >= 15 is 0 Å². The second-order valence-electron chi connectivity index (χ2n) is 3.84. The zero-order valence-electron chi connectivity index (χ0n) is 9.27. The fourth-order valence-corrected chi connectivity index (χ4v) is 2.68. The van der Waals surface area contributed by atoms with E-state index in [0.29, 0.717) is 9.80 Å². The van der Waals surface area contributed by atoms with E-state index in [1.165, 1.54) is 0 Å². The maximum Gasteiger partial charge on any atom is 0.202 e. The van der Waals surface area contributed by atoms with Crippen molar-refractivity contribution in [3.63, 3.8) is 0 Å². The Balaban J connectivity index is 3.16. The fraction of sp³-hybridized carbons (Fsp3) is 0.333. The van der Waals surface area contributed by atoms with Gasteiger partial charge >= 0.3 is 0 Å². The second kappa shape index (κ2) is 4.62. The van der Waals surface area contributed by atoms with Crippen LogP contribution in [0.15, 0.2) is 46.2 Å². The predicted octanol–water partition coefficient (Wildman–Crippen LogP) is 3.02. The molecule has 0 aromatic heterocycles. The van der Waals surface area contributed by atoms with Gasteiger partial charge in [0.2, 0.25) is 9.84 Å². The molecule has 0 fully saturated rings. The van der Waals surface area contributed by atoms with Crippen LogP contribution in [0, 0.1) is 5.92 Å². The molecule has 0 N–H and O–H groups in total. The summed E-state index contributed by atoms with van der Waals surface area (Å²) in [6.45, 7) is 5.57. The highest BCUT2D eigenvalue weighted by molar-refractivity contribution is 7.95. The van der Waals surface area contributed by atoms with Gasteiger partial charge in [-0.1, -0.05) is 38.1 Å². The third-order valence-corrected chi connectivity index (χ3v) is 3.92. The van der Waals surface area contributed by atoms with E-state index in [1.807, 2.05) is 13.8 Å². The van der Waals surface area contributed by atoms with Crippen molar-refractivity contribution in [2.75, 3.05) is 0 Å². The third kappa shape index (κ3) is 2.93. The largest absolute Gasteiger partial charge is 0.219 e. The van der Waals surface area contributed by atoms with Crippen molar-refractivity contribution in [3.05, 3.63) is 41.3 Å². The molecule has 0 radical (unpaired) electrons. The molecule has 0 aliphatic carbocycles. The first kappa shape index (κ1) is 12.0. The normalized spacial score (nSPS) is 13.2. The molecule has 0 atom stereocenters. The van der Waals surface area contributed by atoms with E-state index in [1.54, 1.807) is 43.3 Å². The first-order chi connectivity index (χ1) is 6.94. The summed E-state index contributed by atoms with van der Waals surface area (Å²) >= 11 is 0. The molecule has 1 aromatic carbocycles. The van der Waals surface area contributed by atoms with E-state index in [4.69, 9.17) is 0 Å². The SMILES string of the molecule is C/C(=C\C(C)C)S(=O)(=O)c1ccccc1. The molecule has 3 heteroatoms. The van der Waals surface area contributed by atoms with E-state index in [9.17, 15) is 8.42 Å². The summed E-state index contributed by atoms with van der Waals surface area (Å²) in [5, 5.41) is 0. The van der Waals surface area contributed by atoms with Gasteiger partial charge in [-0.25, -0.2) is 8.42 Å². The average Bonchev–Trinajstić information content (AvgIpc) is 2.18. The minimum atomic E-state index is -3.27. The summed E-state index contributed by atoms with van der Waals surface area (Å²) in [6, 6.07) is 8.51. The average molecular weight is 224 g/mol. The Labute approximate surface area is 91.6 Å². The van der Waals surface area contributed by atoms with Crippen molar-refractivity contribution in [2.45, 2.75) is 25.7 Å². The number of hydrogen-bond donors (Lipinski definition) is 0. The summed E-state index contributed by atoms with van der Waals surface area (Å²) in [6.07, 6.45) is 1.77. The minimum Gasteiger partial charge on any atom is -0.219 e. The van der Waals surface area contributed by atoms with Crippen LogP contribution in [-0.4, -0.2) is 8.42 Å². The van der Waals surface area contributed by atoms with Crippen molar-refractivity contribution in [3.8, 4) is 0 Å². The lowest BCUT2D eigenvalue weighted by Gasteiger charge is -2.05. The van der Waals surface area contributed by atoms with Crippen LogP contribution in [-0.2, 0) is 9.84 Å². The van der Waals surface area contributed by atoms with Gasteiger partial charge in [0.25, 0.3) is 0 Å². The Morgan fingerprint density at radius 2 is 1.73 bits per heavy atom. The molecule has 82 valence electrons. The number of rotatable bonds is 3. The highest BCUT2D eigenvalue weighted by Gasteiger charge is 2.16. The second-order valence-corrected chi connectivity index (χ2v) is 5.96. The Bertz CT molecular complexity index is 442. The molecule has 1 rings (SSSR count). The van der Waals surface area contributed by atoms with Crippen molar-refractivity contribution in [1.82, 2.24) is 0 Å². The Morgan fingerprint density at radius 3 is 2.20 bits per heavy atom. The molecular formula is C12H16O2S. The lowest BCUT2D eigenvalue weighted by atomic mass is 10.2. The smallest absolute Gasteiger partial charge is 0.202 e. The molecule has 0 unspecified atom stereocenters. The third-order valence-electron chi connectivity index (χ3n) is 2.05. The molecule has 0 aliphatic rings. The quantitative estimate of drug-likeness (QED) is 0.791. The molecule has 0 aliphatic heterocycles. The highest BCUT2D eigenvalue weighted by atomic mass is 32.2. The predicted molar refractivity (Wildman–Crippen MR) is 62.2 cm³/mol. The summed E-state index contributed by atoms with van der Waals surface area (Å²) in [7, 11) is -3.27. The summed E-state index contributed by atoms with van der Waals surface area (Å²) < 4.78 is 24.0. The standard InChI is InChI=1S/C12H16O2S/c1-10(2)9-11(3)15(13,14)12-7-5-4-6-8-12/h4-10H,1-3H3/b11-9+. The molecule has 0 saturated heterocycles. The van der Waals surface area contributed by atoms with Gasteiger partial charge in [-0.2, -0.15) is 0 Å². The zero-order chi connectivity index (χ0) is 11.5. The number of benzene rings is 1. The van der Waals surface area contributed by atoms with Gasteiger partial charge < -0.3 is 0 Å². The van der Waals surface area contributed by atoms with Crippen molar-refractivity contribution in [2.24, 2.45) is 5.92 Å². The minimum absolute atomic E-state index is 0.239. The van der Waals surface area contributed by atoms with Gasteiger partial charge in [0.05, 0.1) is 4.90 Å². The molecule has 0 spiro atoms. The number of sulfone groups is 1. The van der Waals surface area contributed by atoms with Gasteiger partial charge in [-0.15, -0.1) is 0 Å². The van der Waals surface area contributed by atoms with Gasteiger partial charge in [0, 0.05) is 4.91 Å². The van der Waals surface area contributed by atoms with Gasteiger partial charge in [-0.3, -0.25) is 0 Å². The maximum atomic E-state index is 12.0. The van der Waals surface area contributed by atoms with E-state index in [0.717, 1.165) is 0 Å². The van der Waals surface area contributed by atoms with Gasteiger partial charge in [0.15, 0.2) is 0 Å². The van der Waals surface area contributed by atoms with Crippen LogP contribution < -0.4 is 0 Å². The molecule has 0 heterocycles. The van der Waals surface area contributed by atoms with Crippen LogP contribution in [0.5, 0.6) is 0 Å². The first-order valence-electron chi connectivity index (χ1n) is 4.93. The Hall–Kier alpha value is -1.09. The number of allylic oxidation sites excluding steroid dienone is 2. The molecule has 2 nitrogen and oxygen atoms in total. The van der Waals surface area contributed by atoms with Crippen molar-refractivity contribution in [1.29, 1.82) is 0 Å². The maximum absolute atomic E-state index is 12.0. The van der Waals surface area contributed by atoms with E-state index < -0.39 is 9.84 Å². The lowest BCUT2D eigenvalue weighted by Crippen LogP contribution is -2.03. The number of hydrogen-bond acceptors (Lipinski definition) is 2. The Morgan fingerprint density at radius 1 is 1.20 bits per heavy atom. The monoisotopic (exact) mass is 224 g/mol. The van der Waals surface area contributed by atoms with Crippen LogP contribution in [0.2, 0.25) is 0 Å². The van der Waals surface area contributed by atoms with Crippen LogP contribution in [0.1, 0.15) is 20.8 Å². The summed E-state index contributed by atoms with van der Waals surface area (Å²) in [4.78, 5) is 0.781. The van der Waals surface area contributed by atoms with Gasteiger partial charge in [0.1, 0.15) is 0 Å². The lowest BCUT2D eigenvalue weighted by molar-refractivity contribution is 0.601. The first-order valence-corrected chi connectivity index (χ1v) is 6.41. The zero-order valence-corrected chi connectivity index (χ0v) is 10.1.